The summed E-state index contributed by atoms with van der Waals surface area (Å²) in [6, 6.07) is 10.3. The monoisotopic (exact) mass is 388 g/mol. The van der Waals surface area contributed by atoms with Crippen molar-refractivity contribution in [1.82, 2.24) is 0 Å². The van der Waals surface area contributed by atoms with Crippen LogP contribution in [0.4, 0.5) is 0 Å². The van der Waals surface area contributed by atoms with Crippen molar-refractivity contribution < 1.29 is 14.3 Å². The number of esters is 1. The van der Waals surface area contributed by atoms with Crippen LogP contribution in [-0.2, 0) is 20.9 Å². The summed E-state index contributed by atoms with van der Waals surface area (Å²) in [6.45, 7) is 4.97. The van der Waals surface area contributed by atoms with Crippen molar-refractivity contribution >= 4 is 5.97 Å². The minimum absolute atomic E-state index is 0.0302. The van der Waals surface area contributed by atoms with E-state index in [1.807, 2.05) is 6.07 Å². The number of rotatable bonds is 16. The first kappa shape index (κ1) is 22.9. The maximum absolute atomic E-state index is 11.6. The molecule has 3 heteroatoms. The first-order valence-corrected chi connectivity index (χ1v) is 11.6. The second-order valence-corrected chi connectivity index (χ2v) is 8.26. The van der Waals surface area contributed by atoms with Crippen LogP contribution in [0, 0.1) is 5.92 Å². The summed E-state index contributed by atoms with van der Waals surface area (Å²) in [6.07, 6.45) is 15.0. The zero-order chi connectivity index (χ0) is 20.0. The van der Waals surface area contributed by atoms with Gasteiger partial charge in [0.25, 0.3) is 0 Å². The summed E-state index contributed by atoms with van der Waals surface area (Å²) in [5.41, 5.74) is 1.21. The molecule has 1 heterocycles. The van der Waals surface area contributed by atoms with Crippen molar-refractivity contribution in [3.63, 3.8) is 0 Å². The summed E-state index contributed by atoms with van der Waals surface area (Å²) in [4.78, 5) is 11.6. The lowest BCUT2D eigenvalue weighted by molar-refractivity contribution is -0.189. The Morgan fingerprint density at radius 2 is 1.57 bits per heavy atom. The summed E-state index contributed by atoms with van der Waals surface area (Å²) in [5, 5.41) is 0. The number of carbonyl (C=O) groups is 1. The van der Waals surface area contributed by atoms with Gasteiger partial charge in [-0.1, -0.05) is 102 Å². The first-order chi connectivity index (χ1) is 13.7. The van der Waals surface area contributed by atoms with Gasteiger partial charge in [0.1, 0.15) is 6.10 Å². The molecule has 0 radical (unpaired) electrons. The van der Waals surface area contributed by atoms with Gasteiger partial charge in [-0.25, -0.2) is 0 Å². The lowest BCUT2D eigenvalue weighted by atomic mass is 9.89. The van der Waals surface area contributed by atoms with Crippen LogP contribution in [0.3, 0.4) is 0 Å². The Balaban J connectivity index is 1.67. The van der Waals surface area contributed by atoms with E-state index < -0.39 is 0 Å². The molecular weight excluding hydrogens is 348 g/mol. The van der Waals surface area contributed by atoms with Crippen LogP contribution in [0.1, 0.15) is 96.5 Å². The number of cyclic esters (lactones) is 1. The average molecular weight is 389 g/mol. The van der Waals surface area contributed by atoms with Gasteiger partial charge in [0, 0.05) is 6.42 Å². The van der Waals surface area contributed by atoms with Crippen molar-refractivity contribution in [1.29, 1.82) is 0 Å². The fourth-order valence-corrected chi connectivity index (χ4v) is 4.04. The van der Waals surface area contributed by atoms with E-state index in [0.29, 0.717) is 6.61 Å². The molecule has 0 aliphatic carbocycles. The number of unbranched alkanes of at least 4 members (excludes halogenated alkanes) is 8. The maximum Gasteiger partial charge on any atom is 0.313 e. The molecule has 1 aromatic carbocycles. The molecule has 1 aliphatic heterocycles. The third-order valence-corrected chi connectivity index (χ3v) is 5.91. The van der Waals surface area contributed by atoms with Crippen LogP contribution in [0.25, 0.3) is 0 Å². The Morgan fingerprint density at radius 1 is 0.929 bits per heavy atom. The van der Waals surface area contributed by atoms with Crippen LogP contribution in [-0.4, -0.2) is 18.2 Å². The fourth-order valence-electron chi connectivity index (χ4n) is 4.04. The van der Waals surface area contributed by atoms with Gasteiger partial charge in [0.15, 0.2) is 0 Å². The Morgan fingerprint density at radius 3 is 2.18 bits per heavy atom. The molecule has 0 N–H and O–H groups in total. The molecule has 0 unspecified atom stereocenters. The number of carbonyl (C=O) groups excluding carboxylic acids is 1. The minimum Gasteiger partial charge on any atom is -0.461 e. The topological polar surface area (TPSA) is 35.5 Å². The Bertz CT molecular complexity index is 528. The average Bonchev–Trinajstić information content (AvgIpc) is 2.71. The van der Waals surface area contributed by atoms with Gasteiger partial charge in [-0.2, -0.15) is 0 Å². The quantitative estimate of drug-likeness (QED) is 0.230. The third-order valence-electron chi connectivity index (χ3n) is 5.91. The van der Waals surface area contributed by atoms with Crippen molar-refractivity contribution in [2.45, 2.75) is 110 Å². The van der Waals surface area contributed by atoms with E-state index in [0.717, 1.165) is 19.3 Å². The van der Waals surface area contributed by atoms with Gasteiger partial charge < -0.3 is 9.47 Å². The summed E-state index contributed by atoms with van der Waals surface area (Å²) >= 11 is 0. The van der Waals surface area contributed by atoms with Gasteiger partial charge in [-0.3, -0.25) is 4.79 Å². The van der Waals surface area contributed by atoms with Crippen LogP contribution < -0.4 is 0 Å². The normalized spacial score (nSPS) is 19.9. The molecule has 1 saturated heterocycles. The van der Waals surface area contributed by atoms with Crippen LogP contribution >= 0.6 is 0 Å². The number of benzene rings is 1. The number of hydrogen-bond acceptors (Lipinski definition) is 3. The molecule has 28 heavy (non-hydrogen) atoms. The van der Waals surface area contributed by atoms with Gasteiger partial charge >= 0.3 is 5.97 Å². The van der Waals surface area contributed by atoms with Crippen molar-refractivity contribution in [2.75, 3.05) is 0 Å². The predicted molar refractivity (Wildman–Crippen MR) is 115 cm³/mol. The first-order valence-electron chi connectivity index (χ1n) is 11.6. The molecule has 0 saturated carbocycles. The molecule has 0 spiro atoms. The van der Waals surface area contributed by atoms with E-state index >= 15 is 0 Å². The molecule has 1 aliphatic rings. The highest BCUT2D eigenvalue weighted by Crippen LogP contribution is 2.31. The molecule has 0 amide bonds. The van der Waals surface area contributed by atoms with E-state index in [4.69, 9.17) is 9.47 Å². The van der Waals surface area contributed by atoms with Crippen LogP contribution in [0.5, 0.6) is 0 Å². The zero-order valence-corrected chi connectivity index (χ0v) is 18.0. The number of ether oxygens (including phenoxy) is 2. The van der Waals surface area contributed by atoms with Gasteiger partial charge in [-0.05, 0) is 18.4 Å². The molecule has 2 rings (SSSR count). The summed E-state index contributed by atoms with van der Waals surface area (Å²) in [7, 11) is 0. The standard InChI is InChI=1S/C25H40O3/c1-3-5-6-7-8-9-10-11-15-18-22(19-24-23(4-2)25(26)28-24)27-20-21-16-13-12-14-17-21/h12-14,16-17,22-24H,3-11,15,18-20H2,1-2H3/t22-,23+,24+/m1/s1. The molecule has 0 bridgehead atoms. The largest absolute Gasteiger partial charge is 0.461 e. The maximum atomic E-state index is 11.6. The van der Waals surface area contributed by atoms with Crippen molar-refractivity contribution in [3.8, 4) is 0 Å². The Hall–Kier alpha value is -1.35. The Kier molecular flexibility index (Phi) is 11.3. The van der Waals surface area contributed by atoms with Crippen LogP contribution in [0.15, 0.2) is 30.3 Å². The van der Waals surface area contributed by atoms with E-state index in [1.165, 1.54) is 63.4 Å². The minimum atomic E-state index is -0.0302. The molecule has 1 aromatic rings. The lowest BCUT2D eigenvalue weighted by Crippen LogP contribution is -2.46. The lowest BCUT2D eigenvalue weighted by Gasteiger charge is -2.36. The van der Waals surface area contributed by atoms with E-state index in [2.05, 4.69) is 38.1 Å². The second-order valence-electron chi connectivity index (χ2n) is 8.26. The van der Waals surface area contributed by atoms with E-state index in [9.17, 15) is 4.79 Å². The number of hydrogen-bond donors (Lipinski definition) is 0. The third kappa shape index (κ3) is 8.34. The second kappa shape index (κ2) is 13.8. The molecule has 158 valence electrons. The van der Waals surface area contributed by atoms with Crippen molar-refractivity contribution in [3.05, 3.63) is 35.9 Å². The summed E-state index contributed by atoms with van der Waals surface area (Å²) in [5.74, 6) is 0.0447. The zero-order valence-electron chi connectivity index (χ0n) is 18.0. The SMILES string of the molecule is CCCCCCCCCCC[C@H](C[C@@H]1OC(=O)[C@H]1CC)OCc1ccccc1. The van der Waals surface area contributed by atoms with Gasteiger partial charge in [0.2, 0.25) is 0 Å². The fraction of sp³-hybridized carbons (Fsp3) is 0.720. The van der Waals surface area contributed by atoms with Gasteiger partial charge in [-0.15, -0.1) is 0 Å². The highest BCUT2D eigenvalue weighted by molar-refractivity contribution is 5.78. The van der Waals surface area contributed by atoms with Crippen molar-refractivity contribution in [2.24, 2.45) is 5.92 Å². The highest BCUT2D eigenvalue weighted by atomic mass is 16.6. The molecule has 1 fully saturated rings. The molecule has 3 nitrogen and oxygen atoms in total. The predicted octanol–water partition coefficient (Wildman–Crippen LogP) is 6.83. The molecule has 0 aromatic heterocycles. The highest BCUT2D eigenvalue weighted by Gasteiger charge is 2.41. The van der Waals surface area contributed by atoms with Gasteiger partial charge in [0.05, 0.1) is 18.6 Å². The molecule has 3 atom stereocenters. The van der Waals surface area contributed by atoms with E-state index in [-0.39, 0.29) is 24.1 Å². The molecular formula is C25H40O3. The summed E-state index contributed by atoms with van der Waals surface area (Å²) < 4.78 is 11.6. The smallest absolute Gasteiger partial charge is 0.313 e. The van der Waals surface area contributed by atoms with E-state index in [1.54, 1.807) is 0 Å². The Labute approximate surface area is 172 Å². The van der Waals surface area contributed by atoms with Crippen LogP contribution in [0.2, 0.25) is 0 Å².